The molecule has 2 heterocycles. The largest absolute Gasteiger partial charge is 0.366 e. The molecule has 1 aromatic carbocycles. The number of rotatable bonds is 2. The zero-order chi connectivity index (χ0) is 12.8. The number of para-hydroxylation sites is 1. The fourth-order valence-corrected chi connectivity index (χ4v) is 2.72. The molecule has 0 spiro atoms. The third-order valence-electron chi connectivity index (χ3n) is 3.72. The number of hydrogen-bond acceptors (Lipinski definition) is 3. The van der Waals surface area contributed by atoms with Gasteiger partial charge in [-0.05, 0) is 38.4 Å². The van der Waals surface area contributed by atoms with Crippen molar-refractivity contribution in [2.24, 2.45) is 5.73 Å². The smallest absolute Gasteiger partial charge is 0.250 e. The SMILES string of the molecule is C[C@@]1(n2cnc3c(C(N)=O)cccc32)CCCN1. The summed E-state index contributed by atoms with van der Waals surface area (Å²) in [5, 5.41) is 3.48. The van der Waals surface area contributed by atoms with E-state index in [1.54, 1.807) is 12.4 Å². The van der Waals surface area contributed by atoms with E-state index in [-0.39, 0.29) is 5.66 Å². The second-order valence-electron chi connectivity index (χ2n) is 4.96. The van der Waals surface area contributed by atoms with Gasteiger partial charge < -0.3 is 10.3 Å². The number of aromatic nitrogens is 2. The van der Waals surface area contributed by atoms with Crippen LogP contribution in [-0.4, -0.2) is 22.0 Å². The summed E-state index contributed by atoms with van der Waals surface area (Å²) in [5.41, 5.74) is 7.36. The Morgan fingerprint density at radius 2 is 2.39 bits per heavy atom. The van der Waals surface area contributed by atoms with Crippen LogP contribution < -0.4 is 11.1 Å². The summed E-state index contributed by atoms with van der Waals surface area (Å²) < 4.78 is 2.10. The lowest BCUT2D eigenvalue weighted by molar-refractivity contribution is 0.100. The summed E-state index contributed by atoms with van der Waals surface area (Å²) in [7, 11) is 0. The van der Waals surface area contributed by atoms with E-state index >= 15 is 0 Å². The van der Waals surface area contributed by atoms with Crippen LogP contribution in [-0.2, 0) is 5.66 Å². The molecule has 0 unspecified atom stereocenters. The van der Waals surface area contributed by atoms with Gasteiger partial charge in [-0.3, -0.25) is 10.1 Å². The zero-order valence-corrected chi connectivity index (χ0v) is 10.3. The van der Waals surface area contributed by atoms with Crippen molar-refractivity contribution in [3.05, 3.63) is 30.1 Å². The van der Waals surface area contributed by atoms with Crippen molar-refractivity contribution < 1.29 is 4.79 Å². The maximum Gasteiger partial charge on any atom is 0.250 e. The molecule has 0 radical (unpaired) electrons. The number of carbonyl (C=O) groups is 1. The first-order chi connectivity index (χ1) is 8.62. The van der Waals surface area contributed by atoms with E-state index in [0.29, 0.717) is 11.1 Å². The number of nitrogens with zero attached hydrogens (tertiary/aromatic N) is 2. The van der Waals surface area contributed by atoms with Crippen molar-refractivity contribution in [2.45, 2.75) is 25.4 Å². The van der Waals surface area contributed by atoms with Gasteiger partial charge in [-0.15, -0.1) is 0 Å². The van der Waals surface area contributed by atoms with Crippen molar-refractivity contribution in [2.75, 3.05) is 6.54 Å². The minimum Gasteiger partial charge on any atom is -0.366 e. The molecule has 5 heteroatoms. The molecule has 18 heavy (non-hydrogen) atoms. The highest BCUT2D eigenvalue weighted by molar-refractivity contribution is 6.04. The van der Waals surface area contributed by atoms with E-state index in [4.69, 9.17) is 5.73 Å². The van der Waals surface area contributed by atoms with Crippen LogP contribution in [0.3, 0.4) is 0 Å². The van der Waals surface area contributed by atoms with Gasteiger partial charge in [0.15, 0.2) is 0 Å². The first-order valence-electron chi connectivity index (χ1n) is 6.13. The quantitative estimate of drug-likeness (QED) is 0.833. The molecule has 5 nitrogen and oxygen atoms in total. The number of nitrogens with one attached hydrogen (secondary N) is 1. The fourth-order valence-electron chi connectivity index (χ4n) is 2.72. The standard InChI is InChI=1S/C13H16N4O/c1-13(6-3-7-16-13)17-8-15-11-9(12(14)18)4-2-5-10(11)17/h2,4-5,8,16H,3,6-7H2,1H3,(H2,14,18)/t13-/m1/s1. The molecule has 1 fully saturated rings. The maximum absolute atomic E-state index is 11.4. The highest BCUT2D eigenvalue weighted by atomic mass is 16.1. The number of nitrogens with two attached hydrogens (primary N) is 1. The number of benzene rings is 1. The van der Waals surface area contributed by atoms with Gasteiger partial charge in [-0.1, -0.05) is 6.07 Å². The van der Waals surface area contributed by atoms with Crippen molar-refractivity contribution in [1.82, 2.24) is 14.9 Å². The molecule has 2 aromatic rings. The predicted molar refractivity (Wildman–Crippen MR) is 69.1 cm³/mol. The van der Waals surface area contributed by atoms with E-state index in [9.17, 15) is 4.79 Å². The first-order valence-corrected chi connectivity index (χ1v) is 6.13. The Labute approximate surface area is 105 Å². The van der Waals surface area contributed by atoms with Crippen LogP contribution >= 0.6 is 0 Å². The Morgan fingerprint density at radius 1 is 1.56 bits per heavy atom. The van der Waals surface area contributed by atoms with Gasteiger partial charge in [0.25, 0.3) is 5.91 Å². The highest BCUT2D eigenvalue weighted by Crippen LogP contribution is 2.29. The lowest BCUT2D eigenvalue weighted by Crippen LogP contribution is -2.39. The normalized spacial score (nSPS) is 23.6. The fraction of sp³-hybridized carbons (Fsp3) is 0.385. The summed E-state index contributed by atoms with van der Waals surface area (Å²) >= 11 is 0. The molecule has 1 saturated heterocycles. The van der Waals surface area contributed by atoms with Crippen molar-refractivity contribution >= 4 is 16.9 Å². The molecule has 1 aromatic heterocycles. The summed E-state index contributed by atoms with van der Waals surface area (Å²) in [6.45, 7) is 3.16. The number of carbonyl (C=O) groups excluding carboxylic acids is 1. The van der Waals surface area contributed by atoms with Gasteiger partial charge in [-0.25, -0.2) is 4.98 Å². The predicted octanol–water partition coefficient (Wildman–Crippen LogP) is 1.19. The molecule has 1 aliphatic heterocycles. The summed E-state index contributed by atoms with van der Waals surface area (Å²) in [5.74, 6) is -0.435. The molecule has 94 valence electrons. The third-order valence-corrected chi connectivity index (χ3v) is 3.72. The van der Waals surface area contributed by atoms with E-state index in [0.717, 1.165) is 24.9 Å². The third kappa shape index (κ3) is 1.51. The minimum atomic E-state index is -0.435. The Hall–Kier alpha value is -1.88. The molecule has 1 atom stereocenters. The van der Waals surface area contributed by atoms with Crippen LogP contribution in [0.15, 0.2) is 24.5 Å². The van der Waals surface area contributed by atoms with Gasteiger partial charge >= 0.3 is 0 Å². The van der Waals surface area contributed by atoms with Crippen LogP contribution in [0.25, 0.3) is 11.0 Å². The zero-order valence-electron chi connectivity index (χ0n) is 10.3. The molecule has 3 rings (SSSR count). The molecule has 0 aliphatic carbocycles. The summed E-state index contributed by atoms with van der Waals surface area (Å²) in [6.07, 6.45) is 3.99. The molecule has 0 bridgehead atoms. The van der Waals surface area contributed by atoms with Crippen molar-refractivity contribution in [3.63, 3.8) is 0 Å². The van der Waals surface area contributed by atoms with E-state index in [1.807, 2.05) is 12.1 Å². The van der Waals surface area contributed by atoms with Crippen LogP contribution in [0, 0.1) is 0 Å². The molecule has 3 N–H and O–H groups in total. The summed E-state index contributed by atoms with van der Waals surface area (Å²) in [4.78, 5) is 15.7. The van der Waals surface area contributed by atoms with Gasteiger partial charge in [0, 0.05) is 0 Å². The highest BCUT2D eigenvalue weighted by Gasteiger charge is 2.31. The number of fused-ring (bicyclic) bond motifs is 1. The Morgan fingerprint density at radius 3 is 3.06 bits per heavy atom. The number of primary amides is 1. The maximum atomic E-state index is 11.4. The molecule has 1 amide bonds. The molecular weight excluding hydrogens is 228 g/mol. The van der Waals surface area contributed by atoms with Crippen LogP contribution in [0.1, 0.15) is 30.1 Å². The van der Waals surface area contributed by atoms with Gasteiger partial charge in [-0.2, -0.15) is 0 Å². The average molecular weight is 244 g/mol. The Bertz CT molecular complexity index is 610. The first kappa shape index (κ1) is 11.2. The molecule has 1 aliphatic rings. The summed E-state index contributed by atoms with van der Waals surface area (Å²) in [6, 6.07) is 5.53. The molecular formula is C13H16N4O. The van der Waals surface area contributed by atoms with E-state index in [1.165, 1.54) is 0 Å². The minimum absolute atomic E-state index is 0.120. The number of hydrogen-bond donors (Lipinski definition) is 2. The van der Waals surface area contributed by atoms with Crippen molar-refractivity contribution in [3.8, 4) is 0 Å². The van der Waals surface area contributed by atoms with Crippen molar-refractivity contribution in [1.29, 1.82) is 0 Å². The van der Waals surface area contributed by atoms with Gasteiger partial charge in [0.05, 0.1) is 23.1 Å². The second-order valence-corrected chi connectivity index (χ2v) is 4.96. The van der Waals surface area contributed by atoms with Crippen LogP contribution in [0.2, 0.25) is 0 Å². The van der Waals surface area contributed by atoms with Gasteiger partial charge in [0.1, 0.15) is 5.52 Å². The number of imidazole rings is 1. The Balaban J connectivity index is 2.21. The molecule has 0 saturated carbocycles. The topological polar surface area (TPSA) is 72.9 Å². The monoisotopic (exact) mass is 244 g/mol. The van der Waals surface area contributed by atoms with Crippen LogP contribution in [0.5, 0.6) is 0 Å². The lowest BCUT2D eigenvalue weighted by atomic mass is 10.1. The Kier molecular flexibility index (Phi) is 2.38. The van der Waals surface area contributed by atoms with E-state index in [2.05, 4.69) is 21.8 Å². The number of amides is 1. The van der Waals surface area contributed by atoms with Crippen LogP contribution in [0.4, 0.5) is 0 Å². The van der Waals surface area contributed by atoms with Gasteiger partial charge in [0.2, 0.25) is 0 Å². The van der Waals surface area contributed by atoms with E-state index < -0.39 is 5.91 Å². The average Bonchev–Trinajstić information content (AvgIpc) is 2.94. The lowest BCUT2D eigenvalue weighted by Gasteiger charge is -2.27. The second kappa shape index (κ2) is 3.81.